The van der Waals surface area contributed by atoms with Gasteiger partial charge < -0.3 is 10.2 Å². The highest BCUT2D eigenvalue weighted by molar-refractivity contribution is 6.05. The Morgan fingerprint density at radius 2 is 1.90 bits per heavy atom. The Labute approximate surface area is 114 Å². The molecule has 0 aliphatic rings. The summed E-state index contributed by atoms with van der Waals surface area (Å²) in [5.41, 5.74) is -3.25. The lowest BCUT2D eigenvalue weighted by atomic mass is 9.80. The lowest BCUT2D eigenvalue weighted by molar-refractivity contribution is -0.387. The van der Waals surface area contributed by atoms with Crippen LogP contribution in [-0.2, 0) is 21.4 Å². The van der Waals surface area contributed by atoms with Gasteiger partial charge in [0.25, 0.3) is 5.69 Å². The molecule has 1 aromatic rings. The standard InChI is InChI=1S/C12H14N2O6/c1-3-7-5-6-13-9(8(7)14(19)20)12(4-2,10(15)16)11(17)18/h5-6H,3-4H2,1-2H3,(H,15,16)(H,17,18). The molecule has 0 unspecified atom stereocenters. The zero-order valence-corrected chi connectivity index (χ0v) is 11.0. The molecule has 0 amide bonds. The molecule has 1 rings (SSSR count). The fraction of sp³-hybridized carbons (Fsp3) is 0.417. The number of hydrogen-bond acceptors (Lipinski definition) is 5. The van der Waals surface area contributed by atoms with Crippen molar-refractivity contribution in [3.63, 3.8) is 0 Å². The van der Waals surface area contributed by atoms with Gasteiger partial charge in [0.05, 0.1) is 4.92 Å². The molecule has 0 aliphatic heterocycles. The maximum atomic E-state index is 11.4. The van der Waals surface area contributed by atoms with E-state index in [9.17, 15) is 29.9 Å². The van der Waals surface area contributed by atoms with E-state index in [2.05, 4.69) is 4.98 Å². The molecule has 1 aromatic heterocycles. The van der Waals surface area contributed by atoms with Gasteiger partial charge in [-0.2, -0.15) is 0 Å². The first-order valence-corrected chi connectivity index (χ1v) is 5.92. The summed E-state index contributed by atoms with van der Waals surface area (Å²) in [6.07, 6.45) is 1.11. The highest BCUT2D eigenvalue weighted by Gasteiger charge is 2.52. The summed E-state index contributed by atoms with van der Waals surface area (Å²) in [6.45, 7) is 2.99. The second-order valence-electron chi connectivity index (χ2n) is 4.15. The van der Waals surface area contributed by atoms with Gasteiger partial charge in [0.15, 0.2) is 0 Å². The molecule has 8 heteroatoms. The van der Waals surface area contributed by atoms with Gasteiger partial charge in [-0.25, -0.2) is 0 Å². The molecule has 0 saturated carbocycles. The number of hydrogen-bond donors (Lipinski definition) is 2. The summed E-state index contributed by atoms with van der Waals surface area (Å²) < 4.78 is 0. The van der Waals surface area contributed by atoms with Gasteiger partial charge in [-0.3, -0.25) is 24.7 Å². The molecule has 2 N–H and O–H groups in total. The van der Waals surface area contributed by atoms with E-state index < -0.39 is 33.7 Å². The fourth-order valence-electron chi connectivity index (χ4n) is 2.06. The van der Waals surface area contributed by atoms with Crippen LogP contribution in [0.25, 0.3) is 0 Å². The zero-order chi connectivity index (χ0) is 15.5. The van der Waals surface area contributed by atoms with Crippen molar-refractivity contribution in [2.75, 3.05) is 0 Å². The SMILES string of the molecule is CCc1ccnc(C(CC)(C(=O)O)C(=O)O)c1[N+](=O)[O-]. The van der Waals surface area contributed by atoms with Crippen LogP contribution in [0.3, 0.4) is 0 Å². The molecule has 0 saturated heterocycles. The number of nitrogens with zero attached hydrogens (tertiary/aromatic N) is 2. The van der Waals surface area contributed by atoms with Gasteiger partial charge in [-0.15, -0.1) is 0 Å². The van der Waals surface area contributed by atoms with Gasteiger partial charge in [0, 0.05) is 11.8 Å². The van der Waals surface area contributed by atoms with E-state index in [-0.39, 0.29) is 18.4 Å². The number of carboxylic acid groups (broad SMARTS) is 2. The number of nitro groups is 1. The summed E-state index contributed by atoms with van der Waals surface area (Å²) in [4.78, 5) is 37.0. The number of aryl methyl sites for hydroxylation is 1. The topological polar surface area (TPSA) is 131 Å². The number of rotatable bonds is 6. The van der Waals surface area contributed by atoms with Crippen molar-refractivity contribution in [2.24, 2.45) is 0 Å². The van der Waals surface area contributed by atoms with E-state index in [1.807, 2.05) is 0 Å². The van der Waals surface area contributed by atoms with Gasteiger partial charge in [-0.1, -0.05) is 13.8 Å². The lowest BCUT2D eigenvalue weighted by Crippen LogP contribution is -2.44. The highest BCUT2D eigenvalue weighted by Crippen LogP contribution is 2.36. The molecule has 0 bridgehead atoms. The van der Waals surface area contributed by atoms with Crippen molar-refractivity contribution in [1.29, 1.82) is 0 Å². The average Bonchev–Trinajstić information content (AvgIpc) is 2.38. The largest absolute Gasteiger partial charge is 0.480 e. The maximum Gasteiger partial charge on any atom is 0.327 e. The van der Waals surface area contributed by atoms with Crippen LogP contribution >= 0.6 is 0 Å². The van der Waals surface area contributed by atoms with Crippen molar-refractivity contribution in [3.05, 3.63) is 33.6 Å². The van der Waals surface area contributed by atoms with Crippen LogP contribution in [0.5, 0.6) is 0 Å². The van der Waals surface area contributed by atoms with E-state index in [0.29, 0.717) is 0 Å². The van der Waals surface area contributed by atoms with Gasteiger partial charge >= 0.3 is 11.9 Å². The maximum absolute atomic E-state index is 11.4. The molecule has 20 heavy (non-hydrogen) atoms. The Bertz CT molecular complexity index is 555. The van der Waals surface area contributed by atoms with Crippen LogP contribution < -0.4 is 0 Å². The smallest absolute Gasteiger partial charge is 0.327 e. The van der Waals surface area contributed by atoms with Crippen LogP contribution in [0.2, 0.25) is 0 Å². The third kappa shape index (κ3) is 2.20. The summed E-state index contributed by atoms with van der Waals surface area (Å²) in [5, 5.41) is 29.7. The Morgan fingerprint density at radius 1 is 1.35 bits per heavy atom. The first-order valence-electron chi connectivity index (χ1n) is 5.92. The predicted octanol–water partition coefficient (Wildman–Crippen LogP) is 1.37. The minimum absolute atomic E-state index is 0.250. The third-order valence-corrected chi connectivity index (χ3v) is 3.24. The monoisotopic (exact) mass is 282 g/mol. The average molecular weight is 282 g/mol. The summed E-state index contributed by atoms with van der Waals surface area (Å²) >= 11 is 0. The normalized spacial score (nSPS) is 11.1. The van der Waals surface area contributed by atoms with Crippen LogP contribution in [-0.4, -0.2) is 32.1 Å². The van der Waals surface area contributed by atoms with Crippen molar-refractivity contribution in [1.82, 2.24) is 4.98 Å². The van der Waals surface area contributed by atoms with Crippen molar-refractivity contribution < 1.29 is 24.7 Å². The van der Waals surface area contributed by atoms with Crippen LogP contribution in [0.4, 0.5) is 5.69 Å². The van der Waals surface area contributed by atoms with Crippen LogP contribution in [0.15, 0.2) is 12.3 Å². The minimum Gasteiger partial charge on any atom is -0.480 e. The van der Waals surface area contributed by atoms with E-state index in [1.165, 1.54) is 19.2 Å². The number of aromatic nitrogens is 1. The molecule has 0 aromatic carbocycles. The number of aliphatic carboxylic acids is 2. The molecular formula is C12H14N2O6. The number of pyridine rings is 1. The van der Waals surface area contributed by atoms with Crippen molar-refractivity contribution in [2.45, 2.75) is 32.1 Å². The van der Waals surface area contributed by atoms with Crippen molar-refractivity contribution in [3.8, 4) is 0 Å². The second-order valence-corrected chi connectivity index (χ2v) is 4.15. The first-order chi connectivity index (χ1) is 9.32. The summed E-state index contributed by atoms with van der Waals surface area (Å²) in [6, 6.07) is 1.38. The number of carbonyl (C=O) groups is 2. The van der Waals surface area contributed by atoms with Gasteiger partial charge in [0.2, 0.25) is 5.41 Å². The van der Waals surface area contributed by atoms with Crippen LogP contribution in [0, 0.1) is 10.1 Å². The van der Waals surface area contributed by atoms with E-state index in [0.717, 1.165) is 0 Å². The first kappa shape index (κ1) is 15.5. The van der Waals surface area contributed by atoms with Gasteiger partial charge in [-0.05, 0) is 18.9 Å². The Balaban J connectivity index is 3.78. The van der Waals surface area contributed by atoms with E-state index in [1.54, 1.807) is 6.92 Å². The molecule has 0 atom stereocenters. The molecule has 8 nitrogen and oxygen atoms in total. The Hall–Kier alpha value is -2.51. The quantitative estimate of drug-likeness (QED) is 0.457. The summed E-state index contributed by atoms with van der Waals surface area (Å²) in [5.74, 6) is -3.34. The van der Waals surface area contributed by atoms with E-state index in [4.69, 9.17) is 0 Å². The van der Waals surface area contributed by atoms with Crippen LogP contribution in [0.1, 0.15) is 31.5 Å². The molecular weight excluding hydrogens is 268 g/mol. The highest BCUT2D eigenvalue weighted by atomic mass is 16.6. The van der Waals surface area contributed by atoms with Crippen molar-refractivity contribution >= 4 is 17.6 Å². The molecule has 0 spiro atoms. The number of carboxylic acids is 2. The fourth-order valence-corrected chi connectivity index (χ4v) is 2.06. The summed E-state index contributed by atoms with van der Waals surface area (Å²) in [7, 11) is 0. The molecule has 0 radical (unpaired) electrons. The molecule has 0 aliphatic carbocycles. The Kier molecular flexibility index (Phi) is 4.38. The Morgan fingerprint density at radius 3 is 2.25 bits per heavy atom. The van der Waals surface area contributed by atoms with Gasteiger partial charge in [0.1, 0.15) is 5.69 Å². The third-order valence-electron chi connectivity index (χ3n) is 3.24. The molecule has 108 valence electrons. The minimum atomic E-state index is -2.42. The zero-order valence-electron chi connectivity index (χ0n) is 11.0. The second kappa shape index (κ2) is 5.64. The lowest BCUT2D eigenvalue weighted by Gasteiger charge is -2.22. The molecule has 0 fully saturated rings. The molecule has 1 heterocycles. The predicted molar refractivity (Wildman–Crippen MR) is 67.5 cm³/mol. The van der Waals surface area contributed by atoms with E-state index >= 15 is 0 Å².